The third kappa shape index (κ3) is 2.81. The van der Waals surface area contributed by atoms with Gasteiger partial charge in [-0.1, -0.05) is 6.07 Å². The molecule has 1 amide bonds. The highest BCUT2D eigenvalue weighted by molar-refractivity contribution is 5.74. The van der Waals surface area contributed by atoms with E-state index in [4.69, 9.17) is 16.7 Å². The highest BCUT2D eigenvalue weighted by atomic mass is 16.1. The maximum Gasteiger partial charge on any atom is 0.219 e. The zero-order valence-corrected chi connectivity index (χ0v) is 10.3. The van der Waals surface area contributed by atoms with E-state index in [0.717, 1.165) is 11.4 Å². The van der Waals surface area contributed by atoms with Crippen LogP contribution < -0.4 is 11.5 Å². The molecule has 0 spiro atoms. The van der Waals surface area contributed by atoms with Gasteiger partial charge in [0.15, 0.2) is 0 Å². The van der Waals surface area contributed by atoms with Crippen LogP contribution in [0.3, 0.4) is 0 Å². The number of nitriles is 1. The van der Waals surface area contributed by atoms with E-state index in [1.165, 1.54) is 0 Å². The molecule has 1 aromatic heterocycles. The molecule has 1 atom stereocenters. The summed E-state index contributed by atoms with van der Waals surface area (Å²) in [5.74, 6) is -0.439. The van der Waals surface area contributed by atoms with Gasteiger partial charge >= 0.3 is 0 Å². The topological polar surface area (TPSA) is 97.8 Å². The van der Waals surface area contributed by atoms with Gasteiger partial charge < -0.3 is 16.0 Å². The van der Waals surface area contributed by atoms with E-state index in [1.807, 2.05) is 29.0 Å². The Morgan fingerprint density at radius 2 is 2.16 bits per heavy atom. The van der Waals surface area contributed by atoms with Crippen LogP contribution in [0.5, 0.6) is 0 Å². The van der Waals surface area contributed by atoms with E-state index in [1.54, 1.807) is 18.2 Å². The highest BCUT2D eigenvalue weighted by Crippen LogP contribution is 2.20. The fourth-order valence-electron chi connectivity index (χ4n) is 1.98. The summed E-state index contributed by atoms with van der Waals surface area (Å²) in [4.78, 5) is 10.9. The van der Waals surface area contributed by atoms with Crippen LogP contribution in [0.25, 0.3) is 5.69 Å². The predicted octanol–water partition coefficient (Wildman–Crippen LogP) is 1.22. The molecule has 0 saturated carbocycles. The van der Waals surface area contributed by atoms with E-state index in [-0.39, 0.29) is 6.42 Å². The number of hydrogen-bond donors (Lipinski definition) is 2. The van der Waals surface area contributed by atoms with Crippen LogP contribution in [-0.2, 0) is 4.79 Å². The Bertz CT molecular complexity index is 639. The van der Waals surface area contributed by atoms with Gasteiger partial charge in [0.1, 0.15) is 0 Å². The lowest BCUT2D eigenvalue weighted by Crippen LogP contribution is -2.22. The SMILES string of the molecule is N#Cc1cccc(-n2cccc2C(N)CC(N)=O)c1. The van der Waals surface area contributed by atoms with Gasteiger partial charge in [0.25, 0.3) is 0 Å². The number of hydrogen-bond acceptors (Lipinski definition) is 3. The molecule has 2 rings (SSSR count). The monoisotopic (exact) mass is 254 g/mol. The van der Waals surface area contributed by atoms with Gasteiger partial charge in [0, 0.05) is 24.0 Å². The van der Waals surface area contributed by atoms with Crippen molar-refractivity contribution in [3.8, 4) is 11.8 Å². The van der Waals surface area contributed by atoms with E-state index in [0.29, 0.717) is 5.56 Å². The average Bonchev–Trinajstić information content (AvgIpc) is 2.87. The van der Waals surface area contributed by atoms with Crippen LogP contribution in [0, 0.1) is 11.3 Å². The molecule has 1 aromatic carbocycles. The predicted molar refractivity (Wildman–Crippen MR) is 71.2 cm³/mol. The number of primary amides is 1. The lowest BCUT2D eigenvalue weighted by molar-refractivity contribution is -0.118. The first-order valence-corrected chi connectivity index (χ1v) is 5.83. The summed E-state index contributed by atoms with van der Waals surface area (Å²) in [5.41, 5.74) is 13.3. The summed E-state index contributed by atoms with van der Waals surface area (Å²) in [7, 11) is 0. The van der Waals surface area contributed by atoms with Crippen molar-refractivity contribution in [3.05, 3.63) is 53.9 Å². The minimum absolute atomic E-state index is 0.0853. The molecule has 1 unspecified atom stereocenters. The van der Waals surface area contributed by atoms with Crippen LogP contribution in [0.1, 0.15) is 23.7 Å². The summed E-state index contributed by atoms with van der Waals surface area (Å²) < 4.78 is 1.86. The van der Waals surface area contributed by atoms with Crippen molar-refractivity contribution >= 4 is 5.91 Å². The largest absolute Gasteiger partial charge is 0.370 e. The third-order valence-electron chi connectivity index (χ3n) is 2.83. The maximum absolute atomic E-state index is 10.9. The molecule has 5 heteroatoms. The minimum atomic E-state index is -0.460. The number of carbonyl (C=O) groups is 1. The number of nitrogens with two attached hydrogens (primary N) is 2. The molecule has 0 aliphatic rings. The van der Waals surface area contributed by atoms with Crippen LogP contribution in [0.2, 0.25) is 0 Å². The molecular weight excluding hydrogens is 240 g/mol. The van der Waals surface area contributed by atoms with Gasteiger partial charge in [0.2, 0.25) is 5.91 Å². The fourth-order valence-corrected chi connectivity index (χ4v) is 1.98. The van der Waals surface area contributed by atoms with E-state index in [9.17, 15) is 4.79 Å². The second-order valence-corrected chi connectivity index (χ2v) is 4.24. The molecule has 0 fully saturated rings. The zero-order valence-electron chi connectivity index (χ0n) is 10.3. The van der Waals surface area contributed by atoms with Crippen LogP contribution in [0.4, 0.5) is 0 Å². The zero-order chi connectivity index (χ0) is 13.8. The summed E-state index contributed by atoms with van der Waals surface area (Å²) in [6.07, 6.45) is 1.93. The van der Waals surface area contributed by atoms with Crippen molar-refractivity contribution in [2.75, 3.05) is 0 Å². The Kier molecular flexibility index (Phi) is 3.64. The van der Waals surface area contributed by atoms with Crippen molar-refractivity contribution in [1.29, 1.82) is 5.26 Å². The first-order chi connectivity index (χ1) is 9.11. The standard InChI is InChI=1S/C14H14N4O/c15-9-10-3-1-4-11(7-10)18-6-2-5-13(18)12(16)8-14(17)19/h1-7,12H,8,16H2,(H2,17,19). The smallest absolute Gasteiger partial charge is 0.219 e. The lowest BCUT2D eigenvalue weighted by atomic mass is 10.1. The third-order valence-corrected chi connectivity index (χ3v) is 2.83. The Morgan fingerprint density at radius 3 is 2.84 bits per heavy atom. The highest BCUT2D eigenvalue weighted by Gasteiger charge is 2.14. The molecule has 0 radical (unpaired) electrons. The fraction of sp³-hybridized carbons (Fsp3) is 0.143. The molecule has 19 heavy (non-hydrogen) atoms. The minimum Gasteiger partial charge on any atom is -0.370 e. The molecular formula is C14H14N4O. The van der Waals surface area contributed by atoms with Gasteiger partial charge in [-0.05, 0) is 30.3 Å². The first kappa shape index (κ1) is 12.9. The van der Waals surface area contributed by atoms with Crippen molar-refractivity contribution in [2.45, 2.75) is 12.5 Å². The second kappa shape index (κ2) is 5.38. The number of amides is 1. The Morgan fingerprint density at radius 1 is 1.37 bits per heavy atom. The first-order valence-electron chi connectivity index (χ1n) is 5.83. The molecule has 1 heterocycles. The van der Waals surface area contributed by atoms with Crippen molar-refractivity contribution in [2.24, 2.45) is 11.5 Å². The molecule has 2 aromatic rings. The van der Waals surface area contributed by atoms with E-state index < -0.39 is 11.9 Å². The average molecular weight is 254 g/mol. The number of benzene rings is 1. The summed E-state index contributed by atoms with van der Waals surface area (Å²) >= 11 is 0. The number of carbonyl (C=O) groups excluding carboxylic acids is 1. The van der Waals surface area contributed by atoms with Gasteiger partial charge in [-0.2, -0.15) is 5.26 Å². The summed E-state index contributed by atoms with van der Waals surface area (Å²) in [5, 5.41) is 8.91. The molecule has 0 aliphatic carbocycles. The van der Waals surface area contributed by atoms with E-state index in [2.05, 4.69) is 6.07 Å². The van der Waals surface area contributed by atoms with Gasteiger partial charge in [0.05, 0.1) is 17.7 Å². The maximum atomic E-state index is 10.9. The Balaban J connectivity index is 2.38. The molecule has 0 saturated heterocycles. The number of nitrogens with zero attached hydrogens (tertiary/aromatic N) is 2. The van der Waals surface area contributed by atoms with Gasteiger partial charge in [-0.3, -0.25) is 4.79 Å². The van der Waals surface area contributed by atoms with Crippen molar-refractivity contribution in [1.82, 2.24) is 4.57 Å². The normalized spacial score (nSPS) is 11.8. The van der Waals surface area contributed by atoms with Gasteiger partial charge in [-0.25, -0.2) is 0 Å². The van der Waals surface area contributed by atoms with Crippen LogP contribution in [-0.4, -0.2) is 10.5 Å². The quantitative estimate of drug-likeness (QED) is 0.858. The second-order valence-electron chi connectivity index (χ2n) is 4.24. The molecule has 5 nitrogen and oxygen atoms in total. The number of aromatic nitrogens is 1. The van der Waals surface area contributed by atoms with Crippen LogP contribution in [0.15, 0.2) is 42.6 Å². The van der Waals surface area contributed by atoms with Crippen molar-refractivity contribution in [3.63, 3.8) is 0 Å². The molecule has 0 aliphatic heterocycles. The van der Waals surface area contributed by atoms with Crippen LogP contribution >= 0.6 is 0 Å². The van der Waals surface area contributed by atoms with Gasteiger partial charge in [-0.15, -0.1) is 0 Å². The summed E-state index contributed by atoms with van der Waals surface area (Å²) in [6.45, 7) is 0. The Hall–Kier alpha value is -2.58. The lowest BCUT2D eigenvalue weighted by Gasteiger charge is -2.14. The molecule has 96 valence electrons. The van der Waals surface area contributed by atoms with E-state index >= 15 is 0 Å². The Labute approximate surface area is 111 Å². The number of rotatable bonds is 4. The molecule has 4 N–H and O–H groups in total. The summed E-state index contributed by atoms with van der Waals surface area (Å²) in [6, 6.07) is 12.5. The molecule has 0 bridgehead atoms. The van der Waals surface area contributed by atoms with Crippen molar-refractivity contribution < 1.29 is 4.79 Å².